The largest absolute Gasteiger partial charge is 0.459 e. The van der Waals surface area contributed by atoms with Gasteiger partial charge in [-0.05, 0) is 6.07 Å². The number of aryl methyl sites for hydroxylation is 1. The van der Waals surface area contributed by atoms with Crippen LogP contribution in [0.2, 0.25) is 0 Å². The van der Waals surface area contributed by atoms with Gasteiger partial charge in [0.05, 0.1) is 5.52 Å². The van der Waals surface area contributed by atoms with Gasteiger partial charge in [-0.3, -0.25) is 9.48 Å². The highest BCUT2D eigenvalue weighted by atomic mass is 16.5. The molecule has 0 N–H and O–H groups in total. The zero-order chi connectivity index (χ0) is 10.8. The first kappa shape index (κ1) is 9.71. The predicted octanol–water partition coefficient (Wildman–Crippen LogP) is 1.64. The molecule has 0 radical (unpaired) electrons. The van der Waals surface area contributed by atoms with E-state index in [1.54, 1.807) is 4.68 Å². The van der Waals surface area contributed by atoms with Crippen molar-refractivity contribution in [1.82, 2.24) is 9.78 Å². The number of esters is 1. The van der Waals surface area contributed by atoms with Crippen molar-refractivity contribution in [2.75, 3.05) is 0 Å². The summed E-state index contributed by atoms with van der Waals surface area (Å²) in [7, 11) is 1.87. The minimum absolute atomic E-state index is 0.233. The van der Waals surface area contributed by atoms with E-state index in [1.165, 1.54) is 6.92 Å². The van der Waals surface area contributed by atoms with E-state index in [1.807, 2.05) is 31.3 Å². The predicted molar refractivity (Wildman–Crippen MR) is 56.2 cm³/mol. The molecule has 4 nitrogen and oxygen atoms in total. The van der Waals surface area contributed by atoms with E-state index in [0.717, 1.165) is 16.6 Å². The standard InChI is InChI=1S/C11H12N2O2/c1-8(14)15-7-10-9-5-3-4-6-11(9)13(2)12-10/h3-6H,7H2,1-2H3. The van der Waals surface area contributed by atoms with Crippen molar-refractivity contribution in [2.24, 2.45) is 7.05 Å². The van der Waals surface area contributed by atoms with Crippen molar-refractivity contribution in [3.63, 3.8) is 0 Å². The molecule has 0 aliphatic carbocycles. The molecule has 1 aromatic carbocycles. The zero-order valence-electron chi connectivity index (χ0n) is 8.73. The SMILES string of the molecule is CC(=O)OCc1nn(C)c2ccccc12. The second kappa shape index (κ2) is 3.73. The third-order valence-corrected chi connectivity index (χ3v) is 2.25. The molecule has 0 bridgehead atoms. The van der Waals surface area contributed by atoms with Crippen LogP contribution >= 0.6 is 0 Å². The Balaban J connectivity index is 2.39. The van der Waals surface area contributed by atoms with E-state index < -0.39 is 0 Å². The van der Waals surface area contributed by atoms with Crippen molar-refractivity contribution < 1.29 is 9.53 Å². The summed E-state index contributed by atoms with van der Waals surface area (Å²) in [6, 6.07) is 7.86. The van der Waals surface area contributed by atoms with E-state index in [0.29, 0.717) is 0 Å². The molecule has 0 unspecified atom stereocenters. The maximum Gasteiger partial charge on any atom is 0.303 e. The van der Waals surface area contributed by atoms with Crippen molar-refractivity contribution in [3.05, 3.63) is 30.0 Å². The molecule has 15 heavy (non-hydrogen) atoms. The number of carbonyl (C=O) groups is 1. The van der Waals surface area contributed by atoms with Gasteiger partial charge in [0.2, 0.25) is 0 Å². The first-order valence-electron chi connectivity index (χ1n) is 4.72. The van der Waals surface area contributed by atoms with Crippen LogP contribution < -0.4 is 0 Å². The number of para-hydroxylation sites is 1. The molecule has 78 valence electrons. The van der Waals surface area contributed by atoms with E-state index in [2.05, 4.69) is 5.10 Å². The number of hydrogen-bond acceptors (Lipinski definition) is 3. The van der Waals surface area contributed by atoms with Crippen LogP contribution in [-0.2, 0) is 23.2 Å². The highest BCUT2D eigenvalue weighted by molar-refractivity contribution is 5.81. The van der Waals surface area contributed by atoms with Gasteiger partial charge in [0.25, 0.3) is 0 Å². The van der Waals surface area contributed by atoms with Crippen LogP contribution in [-0.4, -0.2) is 15.7 Å². The summed E-state index contributed by atoms with van der Waals surface area (Å²) in [4.78, 5) is 10.7. The molecule has 0 aliphatic heterocycles. The van der Waals surface area contributed by atoms with Gasteiger partial charge < -0.3 is 4.74 Å². The van der Waals surface area contributed by atoms with Crippen LogP contribution in [0.15, 0.2) is 24.3 Å². The average Bonchev–Trinajstić information content (AvgIpc) is 2.54. The smallest absolute Gasteiger partial charge is 0.303 e. The molecule has 1 aromatic heterocycles. The van der Waals surface area contributed by atoms with Crippen LogP contribution in [0.3, 0.4) is 0 Å². The average molecular weight is 204 g/mol. The van der Waals surface area contributed by atoms with Gasteiger partial charge >= 0.3 is 5.97 Å². The molecule has 2 rings (SSSR count). The Kier molecular flexibility index (Phi) is 2.41. The maximum absolute atomic E-state index is 10.7. The molecule has 0 aliphatic rings. The first-order valence-corrected chi connectivity index (χ1v) is 4.72. The van der Waals surface area contributed by atoms with Crippen molar-refractivity contribution in [2.45, 2.75) is 13.5 Å². The van der Waals surface area contributed by atoms with Crippen molar-refractivity contribution >= 4 is 16.9 Å². The Bertz CT molecular complexity index is 502. The number of aromatic nitrogens is 2. The highest BCUT2D eigenvalue weighted by Gasteiger charge is 2.08. The molecule has 2 aromatic rings. The highest BCUT2D eigenvalue weighted by Crippen LogP contribution is 2.17. The van der Waals surface area contributed by atoms with Crippen molar-refractivity contribution in [1.29, 1.82) is 0 Å². The summed E-state index contributed by atoms with van der Waals surface area (Å²) in [5.74, 6) is -0.287. The van der Waals surface area contributed by atoms with Crippen LogP contribution in [0.5, 0.6) is 0 Å². The maximum atomic E-state index is 10.7. The lowest BCUT2D eigenvalue weighted by atomic mass is 10.2. The molecule has 0 saturated carbocycles. The van der Waals surface area contributed by atoms with Gasteiger partial charge in [-0.2, -0.15) is 5.10 Å². The van der Waals surface area contributed by atoms with Gasteiger partial charge in [-0.1, -0.05) is 18.2 Å². The molecule has 0 atom stereocenters. The third-order valence-electron chi connectivity index (χ3n) is 2.25. The number of ether oxygens (including phenoxy) is 1. The normalized spacial score (nSPS) is 10.5. The molecule has 0 saturated heterocycles. The lowest BCUT2D eigenvalue weighted by Gasteiger charge is -1.97. The Hall–Kier alpha value is -1.84. The zero-order valence-corrected chi connectivity index (χ0v) is 8.73. The van der Waals surface area contributed by atoms with Gasteiger partial charge in [-0.25, -0.2) is 0 Å². The third kappa shape index (κ3) is 1.83. The number of carbonyl (C=O) groups excluding carboxylic acids is 1. The van der Waals surface area contributed by atoms with Gasteiger partial charge in [0.15, 0.2) is 0 Å². The fourth-order valence-corrected chi connectivity index (χ4v) is 1.57. The molecule has 1 heterocycles. The molecule has 0 fully saturated rings. The Morgan fingerprint density at radius 1 is 1.47 bits per heavy atom. The number of benzene rings is 1. The molecule has 0 spiro atoms. The van der Waals surface area contributed by atoms with Gasteiger partial charge in [-0.15, -0.1) is 0 Å². The Morgan fingerprint density at radius 3 is 2.93 bits per heavy atom. The molecular formula is C11H12N2O2. The number of hydrogen-bond donors (Lipinski definition) is 0. The summed E-state index contributed by atoms with van der Waals surface area (Å²) in [5, 5.41) is 5.33. The second-order valence-electron chi connectivity index (χ2n) is 3.37. The summed E-state index contributed by atoms with van der Waals surface area (Å²) in [6.45, 7) is 1.63. The summed E-state index contributed by atoms with van der Waals surface area (Å²) in [6.07, 6.45) is 0. The van der Waals surface area contributed by atoms with Crippen LogP contribution in [0.25, 0.3) is 10.9 Å². The quantitative estimate of drug-likeness (QED) is 0.698. The van der Waals surface area contributed by atoms with E-state index in [9.17, 15) is 4.79 Å². The number of fused-ring (bicyclic) bond motifs is 1. The van der Waals surface area contributed by atoms with Crippen LogP contribution in [0, 0.1) is 0 Å². The summed E-state index contributed by atoms with van der Waals surface area (Å²) >= 11 is 0. The van der Waals surface area contributed by atoms with Gasteiger partial charge in [0, 0.05) is 19.4 Å². The van der Waals surface area contributed by atoms with Gasteiger partial charge in [0.1, 0.15) is 12.3 Å². The minimum Gasteiger partial charge on any atom is -0.459 e. The van der Waals surface area contributed by atoms with Crippen LogP contribution in [0.1, 0.15) is 12.6 Å². The fourth-order valence-electron chi connectivity index (χ4n) is 1.57. The summed E-state index contributed by atoms with van der Waals surface area (Å²) in [5.41, 5.74) is 1.84. The monoisotopic (exact) mass is 204 g/mol. The first-order chi connectivity index (χ1) is 7.18. The number of rotatable bonds is 2. The molecule has 4 heteroatoms. The lowest BCUT2D eigenvalue weighted by Crippen LogP contribution is -2.00. The van der Waals surface area contributed by atoms with E-state index >= 15 is 0 Å². The Labute approximate surface area is 87.5 Å². The van der Waals surface area contributed by atoms with Crippen molar-refractivity contribution in [3.8, 4) is 0 Å². The lowest BCUT2D eigenvalue weighted by molar-refractivity contribution is -0.142. The topological polar surface area (TPSA) is 44.1 Å². The molecular weight excluding hydrogens is 192 g/mol. The minimum atomic E-state index is -0.287. The fraction of sp³-hybridized carbons (Fsp3) is 0.273. The number of nitrogens with zero attached hydrogens (tertiary/aromatic N) is 2. The molecule has 0 amide bonds. The summed E-state index contributed by atoms with van der Waals surface area (Å²) < 4.78 is 6.72. The second-order valence-corrected chi connectivity index (χ2v) is 3.37. The van der Waals surface area contributed by atoms with E-state index in [4.69, 9.17) is 4.74 Å². The van der Waals surface area contributed by atoms with E-state index in [-0.39, 0.29) is 12.6 Å². The Morgan fingerprint density at radius 2 is 2.20 bits per heavy atom. The van der Waals surface area contributed by atoms with Crippen LogP contribution in [0.4, 0.5) is 0 Å².